The highest BCUT2D eigenvalue weighted by Crippen LogP contribution is 2.14. The number of carbonyl (C=O) groups excluding carboxylic acids is 1. The maximum atomic E-state index is 11.1. The van der Waals surface area contributed by atoms with Crippen LogP contribution >= 0.6 is 0 Å². The SMILES string of the molecule is CCCCCC[C@H](C)CC(=O)OCC. The molecule has 0 aliphatic carbocycles. The van der Waals surface area contributed by atoms with E-state index in [1.807, 2.05) is 6.92 Å². The van der Waals surface area contributed by atoms with Crippen LogP contribution < -0.4 is 0 Å². The Morgan fingerprint density at radius 2 is 1.93 bits per heavy atom. The summed E-state index contributed by atoms with van der Waals surface area (Å²) in [5, 5.41) is 0. The Balaban J connectivity index is 3.35. The second kappa shape index (κ2) is 9.04. The Bertz CT molecular complexity index is 143. The molecule has 2 nitrogen and oxygen atoms in total. The predicted octanol–water partition coefficient (Wildman–Crippen LogP) is 3.55. The number of unbranched alkanes of at least 4 members (excludes halogenated alkanes) is 3. The molecular weight excluding hydrogens is 176 g/mol. The fourth-order valence-corrected chi connectivity index (χ4v) is 1.53. The third kappa shape index (κ3) is 8.09. The number of rotatable bonds is 8. The molecule has 0 saturated carbocycles. The van der Waals surface area contributed by atoms with Crippen LogP contribution in [0.5, 0.6) is 0 Å². The van der Waals surface area contributed by atoms with E-state index >= 15 is 0 Å². The van der Waals surface area contributed by atoms with Crippen LogP contribution in [0.3, 0.4) is 0 Å². The van der Waals surface area contributed by atoms with Crippen LogP contribution in [-0.4, -0.2) is 12.6 Å². The first-order valence-electron chi connectivity index (χ1n) is 5.86. The van der Waals surface area contributed by atoms with Gasteiger partial charge in [0.25, 0.3) is 0 Å². The van der Waals surface area contributed by atoms with Gasteiger partial charge < -0.3 is 4.74 Å². The summed E-state index contributed by atoms with van der Waals surface area (Å²) in [7, 11) is 0. The fourth-order valence-electron chi connectivity index (χ4n) is 1.53. The molecule has 0 spiro atoms. The minimum Gasteiger partial charge on any atom is -0.466 e. The minimum atomic E-state index is -0.0458. The first-order chi connectivity index (χ1) is 6.70. The highest BCUT2D eigenvalue weighted by Gasteiger charge is 2.08. The van der Waals surface area contributed by atoms with Crippen LogP contribution in [0.25, 0.3) is 0 Å². The molecule has 0 N–H and O–H groups in total. The maximum Gasteiger partial charge on any atom is 0.306 e. The van der Waals surface area contributed by atoms with E-state index in [4.69, 9.17) is 4.74 Å². The molecule has 0 saturated heterocycles. The third-order valence-electron chi connectivity index (χ3n) is 2.37. The van der Waals surface area contributed by atoms with Gasteiger partial charge in [-0.1, -0.05) is 46.0 Å². The summed E-state index contributed by atoms with van der Waals surface area (Å²) in [5.41, 5.74) is 0. The first kappa shape index (κ1) is 13.5. The summed E-state index contributed by atoms with van der Waals surface area (Å²) in [4.78, 5) is 11.1. The highest BCUT2D eigenvalue weighted by atomic mass is 16.5. The summed E-state index contributed by atoms with van der Waals surface area (Å²) < 4.78 is 4.90. The standard InChI is InChI=1S/C12H24O2/c1-4-6-7-8-9-11(3)10-12(13)14-5-2/h11H,4-10H2,1-3H3/t11-/m0/s1. The van der Waals surface area contributed by atoms with Crippen molar-refractivity contribution in [1.29, 1.82) is 0 Å². The van der Waals surface area contributed by atoms with Crippen LogP contribution in [0, 0.1) is 5.92 Å². The van der Waals surface area contributed by atoms with Gasteiger partial charge in [0.15, 0.2) is 0 Å². The van der Waals surface area contributed by atoms with Gasteiger partial charge >= 0.3 is 5.97 Å². The van der Waals surface area contributed by atoms with Gasteiger partial charge in [-0.15, -0.1) is 0 Å². The summed E-state index contributed by atoms with van der Waals surface area (Å²) in [6.07, 6.45) is 6.86. The lowest BCUT2D eigenvalue weighted by Gasteiger charge is -2.09. The Hall–Kier alpha value is -0.530. The van der Waals surface area contributed by atoms with Gasteiger partial charge in [-0.25, -0.2) is 0 Å². The lowest BCUT2D eigenvalue weighted by Crippen LogP contribution is -2.09. The number of carbonyl (C=O) groups is 1. The average Bonchev–Trinajstić information content (AvgIpc) is 2.13. The molecule has 0 amide bonds. The fraction of sp³-hybridized carbons (Fsp3) is 0.917. The van der Waals surface area contributed by atoms with Crippen LogP contribution in [0.2, 0.25) is 0 Å². The number of esters is 1. The zero-order chi connectivity index (χ0) is 10.8. The van der Waals surface area contributed by atoms with Crippen molar-refractivity contribution in [3.8, 4) is 0 Å². The summed E-state index contributed by atoms with van der Waals surface area (Å²) >= 11 is 0. The molecular formula is C12H24O2. The molecule has 0 aliphatic rings. The molecule has 0 radical (unpaired) electrons. The molecule has 0 aromatic heterocycles. The monoisotopic (exact) mass is 200 g/mol. The zero-order valence-electron chi connectivity index (χ0n) is 9.84. The molecule has 1 atom stereocenters. The second-order valence-electron chi connectivity index (χ2n) is 3.96. The lowest BCUT2D eigenvalue weighted by atomic mass is 10.00. The molecule has 0 fully saturated rings. The van der Waals surface area contributed by atoms with Crippen molar-refractivity contribution in [1.82, 2.24) is 0 Å². The van der Waals surface area contributed by atoms with Crippen molar-refractivity contribution >= 4 is 5.97 Å². The Morgan fingerprint density at radius 3 is 2.50 bits per heavy atom. The van der Waals surface area contributed by atoms with Crippen molar-refractivity contribution in [3.05, 3.63) is 0 Å². The molecule has 0 unspecified atom stereocenters. The predicted molar refractivity (Wildman–Crippen MR) is 59.2 cm³/mol. The van der Waals surface area contributed by atoms with Crippen LogP contribution in [-0.2, 0) is 9.53 Å². The highest BCUT2D eigenvalue weighted by molar-refractivity contribution is 5.69. The molecule has 0 aromatic carbocycles. The van der Waals surface area contributed by atoms with Crippen LogP contribution in [0.15, 0.2) is 0 Å². The van der Waals surface area contributed by atoms with Gasteiger partial charge in [0, 0.05) is 6.42 Å². The molecule has 0 aromatic rings. The van der Waals surface area contributed by atoms with E-state index < -0.39 is 0 Å². The largest absolute Gasteiger partial charge is 0.466 e. The van der Waals surface area contributed by atoms with E-state index in [-0.39, 0.29) is 5.97 Å². The average molecular weight is 200 g/mol. The lowest BCUT2D eigenvalue weighted by molar-refractivity contribution is -0.144. The van der Waals surface area contributed by atoms with Gasteiger partial charge in [0.05, 0.1) is 6.61 Å². The van der Waals surface area contributed by atoms with E-state index in [2.05, 4.69) is 13.8 Å². The van der Waals surface area contributed by atoms with E-state index in [0.717, 1.165) is 6.42 Å². The molecule has 14 heavy (non-hydrogen) atoms. The normalized spacial score (nSPS) is 12.5. The van der Waals surface area contributed by atoms with Crippen molar-refractivity contribution < 1.29 is 9.53 Å². The van der Waals surface area contributed by atoms with Gasteiger partial charge in [0.1, 0.15) is 0 Å². The first-order valence-corrected chi connectivity index (χ1v) is 5.86. The van der Waals surface area contributed by atoms with Crippen molar-refractivity contribution in [2.75, 3.05) is 6.61 Å². The summed E-state index contributed by atoms with van der Waals surface area (Å²) in [5.74, 6) is 0.432. The van der Waals surface area contributed by atoms with Crippen molar-refractivity contribution in [2.45, 2.75) is 59.3 Å². The van der Waals surface area contributed by atoms with Gasteiger partial charge in [0.2, 0.25) is 0 Å². The summed E-state index contributed by atoms with van der Waals surface area (Å²) in [6.45, 7) is 6.69. The maximum absolute atomic E-state index is 11.1. The Morgan fingerprint density at radius 1 is 1.21 bits per heavy atom. The molecule has 0 bridgehead atoms. The topological polar surface area (TPSA) is 26.3 Å². The smallest absolute Gasteiger partial charge is 0.306 e. The molecule has 0 heterocycles. The quantitative estimate of drug-likeness (QED) is 0.442. The van der Waals surface area contributed by atoms with Gasteiger partial charge in [-0.3, -0.25) is 4.79 Å². The van der Waals surface area contributed by atoms with Crippen LogP contribution in [0.1, 0.15) is 59.3 Å². The van der Waals surface area contributed by atoms with Crippen molar-refractivity contribution in [3.63, 3.8) is 0 Å². The van der Waals surface area contributed by atoms with Gasteiger partial charge in [-0.2, -0.15) is 0 Å². The summed E-state index contributed by atoms with van der Waals surface area (Å²) in [6, 6.07) is 0. The molecule has 0 rings (SSSR count). The van der Waals surface area contributed by atoms with E-state index in [1.165, 1.54) is 25.7 Å². The van der Waals surface area contributed by atoms with E-state index in [0.29, 0.717) is 18.9 Å². The van der Waals surface area contributed by atoms with Crippen LogP contribution in [0.4, 0.5) is 0 Å². The van der Waals surface area contributed by atoms with Crippen molar-refractivity contribution in [2.24, 2.45) is 5.92 Å². The molecule has 84 valence electrons. The van der Waals surface area contributed by atoms with E-state index in [1.54, 1.807) is 0 Å². The number of hydrogen-bond donors (Lipinski definition) is 0. The molecule has 0 aliphatic heterocycles. The Kier molecular flexibility index (Phi) is 8.70. The number of ether oxygens (including phenoxy) is 1. The third-order valence-corrected chi connectivity index (χ3v) is 2.37. The molecule has 2 heteroatoms. The minimum absolute atomic E-state index is 0.0458. The van der Waals surface area contributed by atoms with E-state index in [9.17, 15) is 4.79 Å². The zero-order valence-corrected chi connectivity index (χ0v) is 9.84. The second-order valence-corrected chi connectivity index (χ2v) is 3.96. The van der Waals surface area contributed by atoms with Gasteiger partial charge in [-0.05, 0) is 12.8 Å². The Labute approximate surface area is 88.0 Å². The number of hydrogen-bond acceptors (Lipinski definition) is 2.